The molecule has 0 aliphatic carbocycles. The zero-order valence-corrected chi connectivity index (χ0v) is 19.4. The minimum atomic E-state index is -0.764. The van der Waals surface area contributed by atoms with Gasteiger partial charge in [-0.3, -0.25) is 4.79 Å². The Kier molecular flexibility index (Phi) is 6.35. The van der Waals surface area contributed by atoms with E-state index >= 15 is 0 Å². The van der Waals surface area contributed by atoms with Crippen molar-refractivity contribution in [1.29, 1.82) is 0 Å². The number of amides is 1. The topological polar surface area (TPSA) is 69.0 Å². The van der Waals surface area contributed by atoms with Crippen molar-refractivity contribution in [1.82, 2.24) is 15.0 Å². The molecule has 0 unspecified atom stereocenters. The molecule has 1 heterocycles. The summed E-state index contributed by atoms with van der Waals surface area (Å²) in [5.41, 5.74) is 4.13. The SMILES string of the molecule is CC(C)c1ccc(-n2nc3ccc(NC(=O)[C@@H](C)Oc4ccc(Cl)cc4Cl)cc3n2)cc1. The van der Waals surface area contributed by atoms with Crippen molar-refractivity contribution in [3.8, 4) is 11.4 Å². The van der Waals surface area contributed by atoms with E-state index in [0.29, 0.717) is 32.9 Å². The van der Waals surface area contributed by atoms with Gasteiger partial charge in [0.2, 0.25) is 0 Å². The molecule has 0 aliphatic rings. The van der Waals surface area contributed by atoms with Crippen LogP contribution in [0.3, 0.4) is 0 Å². The Bertz CT molecular complexity index is 1270. The molecule has 0 saturated carbocycles. The van der Waals surface area contributed by atoms with Crippen molar-refractivity contribution in [2.45, 2.75) is 32.8 Å². The van der Waals surface area contributed by atoms with Gasteiger partial charge in [-0.1, -0.05) is 49.2 Å². The van der Waals surface area contributed by atoms with Gasteiger partial charge in [0, 0.05) is 10.7 Å². The van der Waals surface area contributed by atoms with Crippen LogP contribution in [0.5, 0.6) is 5.75 Å². The fourth-order valence-electron chi connectivity index (χ4n) is 3.16. The Labute approximate surface area is 196 Å². The molecule has 4 rings (SSSR count). The first-order valence-corrected chi connectivity index (χ1v) is 11.0. The first-order valence-electron chi connectivity index (χ1n) is 10.2. The molecule has 3 aromatic carbocycles. The summed E-state index contributed by atoms with van der Waals surface area (Å²) in [4.78, 5) is 14.2. The smallest absolute Gasteiger partial charge is 0.265 e. The van der Waals surface area contributed by atoms with E-state index in [1.54, 1.807) is 42.1 Å². The second-order valence-corrected chi connectivity index (χ2v) is 8.61. The third-order valence-electron chi connectivity index (χ3n) is 5.01. The Balaban J connectivity index is 1.48. The van der Waals surface area contributed by atoms with Crippen LogP contribution in [0.1, 0.15) is 32.3 Å². The van der Waals surface area contributed by atoms with Crippen LogP contribution in [-0.4, -0.2) is 27.0 Å². The Morgan fingerprint density at radius 1 is 0.938 bits per heavy atom. The Hall–Kier alpha value is -3.09. The van der Waals surface area contributed by atoms with Gasteiger partial charge in [-0.05, 0) is 66.9 Å². The maximum absolute atomic E-state index is 12.6. The van der Waals surface area contributed by atoms with Gasteiger partial charge in [-0.2, -0.15) is 4.80 Å². The molecule has 1 atom stereocenters. The average molecular weight is 469 g/mol. The number of carbonyl (C=O) groups excluding carboxylic acids is 1. The highest BCUT2D eigenvalue weighted by molar-refractivity contribution is 6.35. The zero-order chi connectivity index (χ0) is 22.8. The van der Waals surface area contributed by atoms with Crippen LogP contribution in [0, 0.1) is 0 Å². The monoisotopic (exact) mass is 468 g/mol. The third-order valence-corrected chi connectivity index (χ3v) is 5.54. The number of fused-ring (bicyclic) bond motifs is 1. The molecule has 0 bridgehead atoms. The summed E-state index contributed by atoms with van der Waals surface area (Å²) >= 11 is 12.0. The number of ether oxygens (including phenoxy) is 1. The molecule has 0 radical (unpaired) electrons. The van der Waals surface area contributed by atoms with Crippen LogP contribution in [-0.2, 0) is 4.79 Å². The van der Waals surface area contributed by atoms with Gasteiger partial charge in [0.05, 0.1) is 10.7 Å². The maximum Gasteiger partial charge on any atom is 0.265 e. The van der Waals surface area contributed by atoms with Gasteiger partial charge in [-0.15, -0.1) is 10.2 Å². The van der Waals surface area contributed by atoms with E-state index < -0.39 is 6.10 Å². The number of halogens is 2. The van der Waals surface area contributed by atoms with Gasteiger partial charge in [-0.25, -0.2) is 0 Å². The van der Waals surface area contributed by atoms with Crippen LogP contribution in [0.25, 0.3) is 16.7 Å². The molecule has 1 aromatic heterocycles. The van der Waals surface area contributed by atoms with E-state index in [1.807, 2.05) is 18.2 Å². The number of nitrogens with zero attached hydrogens (tertiary/aromatic N) is 3. The molecule has 164 valence electrons. The van der Waals surface area contributed by atoms with E-state index in [2.05, 4.69) is 41.5 Å². The predicted octanol–water partition coefficient (Wildman–Crippen LogP) is 6.26. The van der Waals surface area contributed by atoms with Crippen LogP contribution in [0.4, 0.5) is 5.69 Å². The second kappa shape index (κ2) is 9.18. The number of hydrogen-bond donors (Lipinski definition) is 1. The summed E-state index contributed by atoms with van der Waals surface area (Å²) in [5.74, 6) is 0.537. The number of carbonyl (C=O) groups is 1. The molecule has 0 fully saturated rings. The number of rotatable bonds is 6. The van der Waals surface area contributed by atoms with Crippen molar-refractivity contribution >= 4 is 45.8 Å². The summed E-state index contributed by atoms with van der Waals surface area (Å²) < 4.78 is 5.68. The van der Waals surface area contributed by atoms with E-state index in [-0.39, 0.29) is 5.91 Å². The number of nitrogens with one attached hydrogen (secondary N) is 1. The normalized spacial score (nSPS) is 12.2. The highest BCUT2D eigenvalue weighted by atomic mass is 35.5. The molecule has 0 saturated heterocycles. The quantitative estimate of drug-likeness (QED) is 0.362. The van der Waals surface area contributed by atoms with Crippen molar-refractivity contribution in [3.05, 3.63) is 76.3 Å². The van der Waals surface area contributed by atoms with Gasteiger partial charge in [0.25, 0.3) is 5.91 Å². The van der Waals surface area contributed by atoms with Crippen molar-refractivity contribution in [3.63, 3.8) is 0 Å². The first kappa shape index (κ1) is 22.1. The molecular weight excluding hydrogens is 447 g/mol. The van der Waals surface area contributed by atoms with Crippen LogP contribution < -0.4 is 10.1 Å². The summed E-state index contributed by atoms with van der Waals surface area (Å²) in [6.07, 6.45) is -0.764. The summed E-state index contributed by atoms with van der Waals surface area (Å²) in [6.45, 7) is 5.96. The molecule has 0 spiro atoms. The van der Waals surface area contributed by atoms with Crippen LogP contribution in [0.15, 0.2) is 60.7 Å². The van der Waals surface area contributed by atoms with Crippen molar-refractivity contribution in [2.24, 2.45) is 0 Å². The lowest BCUT2D eigenvalue weighted by molar-refractivity contribution is -0.122. The Morgan fingerprint density at radius 3 is 2.34 bits per heavy atom. The Morgan fingerprint density at radius 2 is 1.66 bits per heavy atom. The summed E-state index contributed by atoms with van der Waals surface area (Å²) in [7, 11) is 0. The molecule has 32 heavy (non-hydrogen) atoms. The predicted molar refractivity (Wildman–Crippen MR) is 128 cm³/mol. The van der Waals surface area contributed by atoms with Gasteiger partial charge in [0.15, 0.2) is 6.10 Å². The lowest BCUT2D eigenvalue weighted by Gasteiger charge is -2.15. The summed E-state index contributed by atoms with van der Waals surface area (Å²) in [6, 6.07) is 18.4. The minimum absolute atomic E-state index is 0.313. The van der Waals surface area contributed by atoms with Gasteiger partial charge in [0.1, 0.15) is 16.8 Å². The number of hydrogen-bond acceptors (Lipinski definition) is 4. The fraction of sp³-hybridized carbons (Fsp3) is 0.208. The second-order valence-electron chi connectivity index (χ2n) is 7.76. The van der Waals surface area contributed by atoms with E-state index in [4.69, 9.17) is 27.9 Å². The molecular formula is C24H22Cl2N4O2. The zero-order valence-electron chi connectivity index (χ0n) is 17.8. The summed E-state index contributed by atoms with van der Waals surface area (Å²) in [5, 5.41) is 12.8. The standard InChI is InChI=1S/C24H22Cl2N4O2/c1-14(2)16-4-8-19(9-5-16)30-28-21-10-7-18(13-22(21)29-30)27-24(31)15(3)32-23-11-6-17(25)12-20(23)26/h4-15H,1-3H3,(H,27,31)/t15-/m1/s1. The molecule has 8 heteroatoms. The maximum atomic E-state index is 12.6. The molecule has 1 N–H and O–H groups in total. The van der Waals surface area contributed by atoms with E-state index in [1.165, 1.54) is 5.56 Å². The first-order chi connectivity index (χ1) is 15.3. The highest BCUT2D eigenvalue weighted by Gasteiger charge is 2.17. The molecule has 0 aliphatic heterocycles. The van der Waals surface area contributed by atoms with Gasteiger partial charge < -0.3 is 10.1 Å². The van der Waals surface area contributed by atoms with Crippen molar-refractivity contribution in [2.75, 3.05) is 5.32 Å². The number of aromatic nitrogens is 3. The minimum Gasteiger partial charge on any atom is -0.479 e. The van der Waals surface area contributed by atoms with Gasteiger partial charge >= 0.3 is 0 Å². The fourth-order valence-corrected chi connectivity index (χ4v) is 3.61. The largest absolute Gasteiger partial charge is 0.479 e. The average Bonchev–Trinajstić information content (AvgIpc) is 3.19. The van der Waals surface area contributed by atoms with Crippen LogP contribution >= 0.6 is 23.2 Å². The van der Waals surface area contributed by atoms with Crippen molar-refractivity contribution < 1.29 is 9.53 Å². The molecule has 4 aromatic rings. The molecule has 6 nitrogen and oxygen atoms in total. The lowest BCUT2D eigenvalue weighted by Crippen LogP contribution is -2.30. The van der Waals surface area contributed by atoms with E-state index in [0.717, 1.165) is 11.2 Å². The van der Waals surface area contributed by atoms with Crippen LogP contribution in [0.2, 0.25) is 10.0 Å². The third kappa shape index (κ3) is 4.87. The number of anilines is 1. The van der Waals surface area contributed by atoms with E-state index in [9.17, 15) is 4.79 Å². The lowest BCUT2D eigenvalue weighted by atomic mass is 10.0. The highest BCUT2D eigenvalue weighted by Crippen LogP contribution is 2.28. The molecule has 1 amide bonds. The number of benzene rings is 3.